The van der Waals surface area contributed by atoms with E-state index in [4.69, 9.17) is 20.1 Å². The molecule has 1 aromatic heterocycles. The number of fused-ring (bicyclic) bond motifs is 1. The maximum Gasteiger partial charge on any atom is 0.241 e. The first-order chi connectivity index (χ1) is 11.9. The second kappa shape index (κ2) is 6.47. The number of benzene rings is 2. The number of aromatic nitrogens is 1. The summed E-state index contributed by atoms with van der Waals surface area (Å²) in [6, 6.07) is 8.86. The van der Waals surface area contributed by atoms with Crippen LogP contribution < -0.4 is 15.6 Å². The summed E-state index contributed by atoms with van der Waals surface area (Å²) in [6.07, 6.45) is 0.628. The molecule has 2 aromatic carbocycles. The van der Waals surface area contributed by atoms with Gasteiger partial charge in [-0.2, -0.15) is 0 Å². The highest BCUT2D eigenvalue weighted by atomic mass is 32.2. The molecule has 0 saturated heterocycles. The molecule has 0 aliphatic carbocycles. The van der Waals surface area contributed by atoms with Crippen molar-refractivity contribution in [3.05, 3.63) is 41.5 Å². The molecule has 3 rings (SSSR count). The molecule has 132 valence electrons. The summed E-state index contributed by atoms with van der Waals surface area (Å²) in [6.45, 7) is 2.29. The third-order valence-corrected chi connectivity index (χ3v) is 4.98. The van der Waals surface area contributed by atoms with Gasteiger partial charge in [-0.25, -0.2) is 13.6 Å². The molecule has 8 heteroatoms. The molecular weight excluding hydrogens is 342 g/mol. The van der Waals surface area contributed by atoms with Gasteiger partial charge in [-0.05, 0) is 41.8 Å². The van der Waals surface area contributed by atoms with Crippen LogP contribution in [0.15, 0.2) is 39.8 Å². The number of hydrogen-bond acceptors (Lipinski definition) is 6. The van der Waals surface area contributed by atoms with Crippen molar-refractivity contribution in [2.75, 3.05) is 7.11 Å². The molecule has 25 heavy (non-hydrogen) atoms. The summed E-state index contributed by atoms with van der Waals surface area (Å²) < 4.78 is 34.7. The fourth-order valence-corrected chi connectivity index (χ4v) is 3.54. The Morgan fingerprint density at radius 1 is 1.20 bits per heavy atom. The van der Waals surface area contributed by atoms with Gasteiger partial charge >= 0.3 is 0 Å². The summed E-state index contributed by atoms with van der Waals surface area (Å²) in [7, 11) is -2.57. The molecule has 0 bridgehead atoms. The molecule has 7 nitrogen and oxygen atoms in total. The molecule has 0 aliphatic heterocycles. The first-order valence-corrected chi connectivity index (χ1v) is 9.26. The fraction of sp³-hybridized carbons (Fsp3) is 0.235. The number of aryl methyl sites for hydroxylation is 1. The Bertz CT molecular complexity index is 1040. The number of nitrogens with zero attached hydrogens (tertiary/aromatic N) is 1. The van der Waals surface area contributed by atoms with E-state index in [1.165, 1.54) is 13.2 Å². The summed E-state index contributed by atoms with van der Waals surface area (Å²) in [5, 5.41) is 10.2. The number of ether oxygens (including phenoxy) is 1. The monoisotopic (exact) mass is 361 g/mol. The molecule has 4 N–H and O–H groups in total. The van der Waals surface area contributed by atoms with Crippen LogP contribution in [0.5, 0.6) is 5.75 Å². The Hall–Kier alpha value is -2.42. The topological polar surface area (TPSA) is 121 Å². The van der Waals surface area contributed by atoms with Crippen LogP contribution in [0.1, 0.15) is 18.1 Å². The molecular formula is C17H19N3O4S. The number of methoxy groups -OCH3 is 1. The van der Waals surface area contributed by atoms with Gasteiger partial charge in [-0.15, -0.1) is 0 Å². The number of nitrogens with two attached hydrogens (primary N) is 2. The third kappa shape index (κ3) is 3.11. The lowest BCUT2D eigenvalue weighted by molar-refractivity contribution is 0.403. The van der Waals surface area contributed by atoms with Gasteiger partial charge in [0.15, 0.2) is 5.58 Å². The zero-order valence-corrected chi connectivity index (χ0v) is 14.8. The van der Waals surface area contributed by atoms with Gasteiger partial charge in [0.25, 0.3) is 0 Å². The first kappa shape index (κ1) is 17.4. The van der Waals surface area contributed by atoms with Crippen LogP contribution in [0.3, 0.4) is 0 Å². The molecule has 0 spiro atoms. The lowest BCUT2D eigenvalue weighted by atomic mass is 10.0. The maximum atomic E-state index is 12.0. The average Bonchev–Trinajstić information content (AvgIpc) is 3.02. The van der Waals surface area contributed by atoms with Crippen LogP contribution in [0.4, 0.5) is 0 Å². The molecule has 3 aromatic rings. The highest BCUT2D eigenvalue weighted by Gasteiger charge is 2.23. The summed E-state index contributed by atoms with van der Waals surface area (Å²) in [5.41, 5.74) is 9.00. The molecule has 0 radical (unpaired) electrons. The van der Waals surface area contributed by atoms with Crippen molar-refractivity contribution in [1.29, 1.82) is 0 Å². The van der Waals surface area contributed by atoms with Crippen LogP contribution in [-0.4, -0.2) is 20.7 Å². The number of sulfonamides is 1. The number of primary sulfonamides is 1. The molecule has 0 unspecified atom stereocenters. The normalized spacial score (nSPS) is 11.8. The Kier molecular flexibility index (Phi) is 4.51. The summed E-state index contributed by atoms with van der Waals surface area (Å²) in [4.78, 5) is -0.0736. The van der Waals surface area contributed by atoms with E-state index in [1.807, 2.05) is 25.1 Å². The predicted octanol–water partition coefficient (Wildman–Crippen LogP) is 2.17. The zero-order valence-electron chi connectivity index (χ0n) is 13.9. The van der Waals surface area contributed by atoms with E-state index in [2.05, 4.69) is 5.16 Å². The minimum absolute atomic E-state index is 0.0736. The highest BCUT2D eigenvalue weighted by Crippen LogP contribution is 2.39. The number of hydrogen-bond donors (Lipinski definition) is 2. The number of rotatable bonds is 5. The van der Waals surface area contributed by atoms with Crippen molar-refractivity contribution in [3.63, 3.8) is 0 Å². The van der Waals surface area contributed by atoms with Crippen molar-refractivity contribution in [3.8, 4) is 17.0 Å². The summed E-state index contributed by atoms with van der Waals surface area (Å²) >= 11 is 0. The van der Waals surface area contributed by atoms with Gasteiger partial charge in [0.2, 0.25) is 10.0 Å². The standard InChI is InChI=1S/C17H19N3O4S/c1-3-10-6-13(17(23-2)15(8-10)25(19,21)22)16-12-7-11(9-18)4-5-14(12)24-20-16/h4-8H,3,9,18H2,1-2H3,(H2,19,21,22). The Labute approximate surface area is 145 Å². The van der Waals surface area contributed by atoms with E-state index < -0.39 is 10.0 Å². The van der Waals surface area contributed by atoms with Crippen molar-refractivity contribution in [2.45, 2.75) is 24.8 Å². The molecule has 0 saturated carbocycles. The highest BCUT2D eigenvalue weighted by molar-refractivity contribution is 7.89. The lowest BCUT2D eigenvalue weighted by Crippen LogP contribution is -2.14. The summed E-state index contributed by atoms with van der Waals surface area (Å²) in [5.74, 6) is 0.146. The molecule has 0 aliphatic rings. The maximum absolute atomic E-state index is 12.0. The third-order valence-electron chi connectivity index (χ3n) is 4.06. The Balaban J connectivity index is 2.37. The largest absolute Gasteiger partial charge is 0.495 e. The smallest absolute Gasteiger partial charge is 0.241 e. The molecule has 0 amide bonds. The zero-order chi connectivity index (χ0) is 18.2. The SMILES string of the molecule is CCc1cc(-c2noc3ccc(CN)cc23)c(OC)c(S(N)(=O)=O)c1. The quantitative estimate of drug-likeness (QED) is 0.718. The van der Waals surface area contributed by atoms with Crippen molar-refractivity contribution < 1.29 is 17.7 Å². The Morgan fingerprint density at radius 2 is 1.96 bits per heavy atom. The minimum Gasteiger partial charge on any atom is -0.495 e. The van der Waals surface area contributed by atoms with Gasteiger partial charge in [0, 0.05) is 12.1 Å². The van der Waals surface area contributed by atoms with Gasteiger partial charge < -0.3 is 15.0 Å². The van der Waals surface area contributed by atoms with E-state index in [1.54, 1.807) is 6.07 Å². The van der Waals surface area contributed by atoms with Gasteiger partial charge in [0.1, 0.15) is 16.3 Å². The van der Waals surface area contributed by atoms with Crippen molar-refractivity contribution >= 4 is 21.0 Å². The fourth-order valence-electron chi connectivity index (χ4n) is 2.77. The van der Waals surface area contributed by atoms with Crippen LogP contribution in [0, 0.1) is 0 Å². The van der Waals surface area contributed by atoms with E-state index in [-0.39, 0.29) is 10.6 Å². The second-order valence-electron chi connectivity index (χ2n) is 5.64. The van der Waals surface area contributed by atoms with E-state index in [0.717, 1.165) is 16.5 Å². The predicted molar refractivity (Wildman–Crippen MR) is 94.6 cm³/mol. The lowest BCUT2D eigenvalue weighted by Gasteiger charge is -2.13. The van der Waals surface area contributed by atoms with Gasteiger partial charge in [-0.1, -0.05) is 18.1 Å². The van der Waals surface area contributed by atoms with Gasteiger partial charge in [0.05, 0.1) is 12.5 Å². The van der Waals surface area contributed by atoms with E-state index in [9.17, 15) is 8.42 Å². The van der Waals surface area contributed by atoms with Crippen molar-refractivity contribution in [2.24, 2.45) is 10.9 Å². The van der Waals surface area contributed by atoms with E-state index in [0.29, 0.717) is 29.8 Å². The molecule has 0 fully saturated rings. The first-order valence-electron chi connectivity index (χ1n) is 7.71. The van der Waals surface area contributed by atoms with Crippen molar-refractivity contribution in [1.82, 2.24) is 5.16 Å². The van der Waals surface area contributed by atoms with E-state index >= 15 is 0 Å². The van der Waals surface area contributed by atoms with Crippen LogP contribution in [0.2, 0.25) is 0 Å². The van der Waals surface area contributed by atoms with Crippen LogP contribution in [-0.2, 0) is 23.0 Å². The van der Waals surface area contributed by atoms with Crippen LogP contribution in [0.25, 0.3) is 22.2 Å². The Morgan fingerprint density at radius 3 is 2.56 bits per heavy atom. The van der Waals surface area contributed by atoms with Crippen LogP contribution >= 0.6 is 0 Å². The second-order valence-corrected chi connectivity index (χ2v) is 7.17. The molecule has 1 heterocycles. The average molecular weight is 361 g/mol. The molecule has 0 atom stereocenters. The van der Waals surface area contributed by atoms with Gasteiger partial charge in [-0.3, -0.25) is 0 Å². The minimum atomic E-state index is -3.96.